The van der Waals surface area contributed by atoms with E-state index in [-0.39, 0.29) is 18.1 Å². The molecule has 3 aromatic rings. The summed E-state index contributed by atoms with van der Waals surface area (Å²) < 4.78 is 5.37. The minimum atomic E-state index is -0.260. The molecule has 1 heterocycles. The largest absolute Gasteiger partial charge is 0.508 e. The van der Waals surface area contributed by atoms with Crippen LogP contribution in [0.1, 0.15) is 25.8 Å². The molecule has 4 heteroatoms. The Kier molecular flexibility index (Phi) is 5.52. The van der Waals surface area contributed by atoms with Crippen molar-refractivity contribution in [1.29, 1.82) is 0 Å². The number of pyridine rings is 1. The maximum Gasteiger partial charge on any atom is 0.310 e. The minimum Gasteiger partial charge on any atom is -0.508 e. The SMILES string of the molecule is CC(C)CCOC(=O)Cc1cnc2ccccc2c1-c1cccc(O)c1. The van der Waals surface area contributed by atoms with Crippen molar-refractivity contribution < 1.29 is 14.6 Å². The van der Waals surface area contributed by atoms with Crippen LogP contribution in [0.3, 0.4) is 0 Å². The Balaban J connectivity index is 1.97. The summed E-state index contributed by atoms with van der Waals surface area (Å²) in [7, 11) is 0. The van der Waals surface area contributed by atoms with Gasteiger partial charge in [-0.05, 0) is 47.2 Å². The van der Waals surface area contributed by atoms with Crippen LogP contribution in [-0.4, -0.2) is 22.7 Å². The first-order chi connectivity index (χ1) is 12.5. The van der Waals surface area contributed by atoms with Gasteiger partial charge in [0.15, 0.2) is 0 Å². The third-order valence-corrected chi connectivity index (χ3v) is 4.28. The molecule has 0 amide bonds. The summed E-state index contributed by atoms with van der Waals surface area (Å²) in [6.45, 7) is 4.63. The van der Waals surface area contributed by atoms with Gasteiger partial charge >= 0.3 is 5.97 Å². The topological polar surface area (TPSA) is 59.4 Å². The molecule has 0 saturated heterocycles. The highest BCUT2D eigenvalue weighted by Gasteiger charge is 2.15. The lowest BCUT2D eigenvalue weighted by Gasteiger charge is -2.13. The first-order valence-corrected chi connectivity index (χ1v) is 8.86. The van der Waals surface area contributed by atoms with Crippen LogP contribution in [0.5, 0.6) is 5.75 Å². The van der Waals surface area contributed by atoms with Crippen LogP contribution in [-0.2, 0) is 16.0 Å². The number of nitrogens with zero attached hydrogens (tertiary/aromatic N) is 1. The molecular weight excluding hydrogens is 326 g/mol. The fourth-order valence-electron chi connectivity index (χ4n) is 2.93. The third kappa shape index (κ3) is 4.20. The van der Waals surface area contributed by atoms with Gasteiger partial charge in [-0.1, -0.05) is 44.2 Å². The van der Waals surface area contributed by atoms with Gasteiger partial charge < -0.3 is 9.84 Å². The number of hydrogen-bond acceptors (Lipinski definition) is 4. The van der Waals surface area contributed by atoms with E-state index in [9.17, 15) is 9.90 Å². The molecule has 1 aromatic heterocycles. The molecule has 0 aliphatic carbocycles. The number of rotatable bonds is 6. The van der Waals surface area contributed by atoms with Crippen molar-refractivity contribution in [3.63, 3.8) is 0 Å². The van der Waals surface area contributed by atoms with E-state index in [0.29, 0.717) is 12.5 Å². The zero-order valence-corrected chi connectivity index (χ0v) is 15.1. The molecule has 3 rings (SSSR count). The Hall–Kier alpha value is -2.88. The Morgan fingerprint density at radius 2 is 1.96 bits per heavy atom. The lowest BCUT2D eigenvalue weighted by molar-refractivity contribution is -0.143. The molecule has 0 aliphatic heterocycles. The van der Waals surface area contributed by atoms with Gasteiger partial charge in [0.05, 0.1) is 18.5 Å². The number of hydrogen-bond donors (Lipinski definition) is 1. The number of para-hydroxylation sites is 1. The number of phenols is 1. The number of ether oxygens (including phenoxy) is 1. The summed E-state index contributed by atoms with van der Waals surface area (Å²) in [6, 6.07) is 14.9. The van der Waals surface area contributed by atoms with Gasteiger partial charge in [-0.3, -0.25) is 9.78 Å². The summed E-state index contributed by atoms with van der Waals surface area (Å²) in [5.74, 6) is 0.422. The second-order valence-electron chi connectivity index (χ2n) is 6.81. The lowest BCUT2D eigenvalue weighted by atomic mass is 9.95. The molecule has 4 nitrogen and oxygen atoms in total. The van der Waals surface area contributed by atoms with Gasteiger partial charge in [0.2, 0.25) is 0 Å². The molecule has 0 bridgehead atoms. The van der Waals surface area contributed by atoms with Crippen LogP contribution in [0, 0.1) is 5.92 Å². The highest BCUT2D eigenvalue weighted by atomic mass is 16.5. The predicted octanol–water partition coefficient (Wildman–Crippen LogP) is 4.74. The molecule has 0 atom stereocenters. The maximum atomic E-state index is 12.3. The highest BCUT2D eigenvalue weighted by molar-refractivity contribution is 5.97. The van der Waals surface area contributed by atoms with E-state index in [0.717, 1.165) is 34.0 Å². The summed E-state index contributed by atoms with van der Waals surface area (Å²) >= 11 is 0. The first-order valence-electron chi connectivity index (χ1n) is 8.86. The standard InChI is InChI=1S/C22H23NO3/c1-15(2)10-11-26-21(25)13-17-14-23-20-9-4-3-8-19(20)22(17)16-6-5-7-18(24)12-16/h3-9,12,14-15,24H,10-11,13H2,1-2H3. The van der Waals surface area contributed by atoms with Gasteiger partial charge in [-0.2, -0.15) is 0 Å². The Morgan fingerprint density at radius 3 is 2.73 bits per heavy atom. The van der Waals surface area contributed by atoms with Crippen molar-refractivity contribution in [2.45, 2.75) is 26.7 Å². The smallest absolute Gasteiger partial charge is 0.310 e. The van der Waals surface area contributed by atoms with Crippen molar-refractivity contribution in [1.82, 2.24) is 4.98 Å². The van der Waals surface area contributed by atoms with Gasteiger partial charge in [0, 0.05) is 11.6 Å². The second kappa shape index (κ2) is 8.00. The minimum absolute atomic E-state index is 0.154. The number of carbonyl (C=O) groups is 1. The maximum absolute atomic E-state index is 12.3. The van der Waals surface area contributed by atoms with Crippen LogP contribution in [0.15, 0.2) is 54.7 Å². The van der Waals surface area contributed by atoms with Gasteiger partial charge in [-0.25, -0.2) is 0 Å². The van der Waals surface area contributed by atoms with E-state index >= 15 is 0 Å². The number of aromatic hydroxyl groups is 1. The highest BCUT2D eigenvalue weighted by Crippen LogP contribution is 2.33. The fraction of sp³-hybridized carbons (Fsp3) is 0.273. The monoisotopic (exact) mass is 349 g/mol. The summed E-state index contributed by atoms with van der Waals surface area (Å²) in [5.41, 5.74) is 3.41. The second-order valence-corrected chi connectivity index (χ2v) is 6.81. The normalized spacial score (nSPS) is 11.0. The number of aromatic nitrogens is 1. The van der Waals surface area contributed by atoms with Crippen molar-refractivity contribution in [2.75, 3.05) is 6.61 Å². The van der Waals surface area contributed by atoms with Gasteiger partial charge in [0.25, 0.3) is 0 Å². The molecule has 0 fully saturated rings. The molecule has 134 valence electrons. The van der Waals surface area contributed by atoms with Crippen LogP contribution < -0.4 is 0 Å². The Labute approximate surface area is 153 Å². The number of phenolic OH excluding ortho intramolecular Hbond substituents is 1. The van der Waals surface area contributed by atoms with Crippen molar-refractivity contribution in [3.8, 4) is 16.9 Å². The van der Waals surface area contributed by atoms with Crippen LogP contribution >= 0.6 is 0 Å². The zero-order chi connectivity index (χ0) is 18.5. The van der Waals surface area contributed by atoms with Crippen molar-refractivity contribution in [2.24, 2.45) is 5.92 Å². The molecule has 0 saturated carbocycles. The number of benzene rings is 2. The molecule has 0 unspecified atom stereocenters. The van der Waals surface area contributed by atoms with E-state index in [1.54, 1.807) is 24.4 Å². The predicted molar refractivity (Wildman–Crippen MR) is 103 cm³/mol. The number of fused-ring (bicyclic) bond motifs is 1. The molecule has 0 radical (unpaired) electrons. The van der Waals surface area contributed by atoms with E-state index in [2.05, 4.69) is 18.8 Å². The van der Waals surface area contributed by atoms with Crippen LogP contribution in [0.25, 0.3) is 22.0 Å². The Bertz CT molecular complexity index is 918. The van der Waals surface area contributed by atoms with Gasteiger partial charge in [0.1, 0.15) is 5.75 Å². The summed E-state index contributed by atoms with van der Waals surface area (Å²) in [5, 5.41) is 10.8. The zero-order valence-electron chi connectivity index (χ0n) is 15.1. The van der Waals surface area contributed by atoms with E-state index < -0.39 is 0 Å². The number of esters is 1. The van der Waals surface area contributed by atoms with E-state index in [4.69, 9.17) is 4.74 Å². The van der Waals surface area contributed by atoms with Crippen molar-refractivity contribution >= 4 is 16.9 Å². The molecule has 2 aromatic carbocycles. The van der Waals surface area contributed by atoms with Crippen molar-refractivity contribution in [3.05, 3.63) is 60.3 Å². The molecular formula is C22H23NO3. The lowest BCUT2D eigenvalue weighted by Crippen LogP contribution is -2.11. The average Bonchev–Trinajstić information content (AvgIpc) is 2.61. The quantitative estimate of drug-likeness (QED) is 0.653. The van der Waals surface area contributed by atoms with E-state index in [1.165, 1.54) is 0 Å². The molecule has 26 heavy (non-hydrogen) atoms. The first kappa shape index (κ1) is 17.9. The third-order valence-electron chi connectivity index (χ3n) is 4.28. The summed E-state index contributed by atoms with van der Waals surface area (Å²) in [6.07, 6.45) is 2.73. The summed E-state index contributed by atoms with van der Waals surface area (Å²) in [4.78, 5) is 16.8. The Morgan fingerprint density at radius 1 is 1.15 bits per heavy atom. The molecule has 0 spiro atoms. The number of carbonyl (C=O) groups excluding carboxylic acids is 1. The van der Waals surface area contributed by atoms with Gasteiger partial charge in [-0.15, -0.1) is 0 Å². The molecule has 0 aliphatic rings. The van der Waals surface area contributed by atoms with Crippen LogP contribution in [0.4, 0.5) is 0 Å². The fourth-order valence-corrected chi connectivity index (χ4v) is 2.93. The van der Waals surface area contributed by atoms with Crippen LogP contribution in [0.2, 0.25) is 0 Å². The van der Waals surface area contributed by atoms with E-state index in [1.807, 2.05) is 30.3 Å². The average molecular weight is 349 g/mol. The molecule has 1 N–H and O–H groups in total.